The molecule has 0 fully saturated rings. The Kier molecular flexibility index (Phi) is 66.6. The molecule has 1 unspecified atom stereocenters. The van der Waals surface area contributed by atoms with E-state index in [0.29, 0.717) is 19.3 Å². The van der Waals surface area contributed by atoms with Gasteiger partial charge >= 0.3 is 17.9 Å². The molecular weight excluding hydrogens is 985 g/mol. The van der Waals surface area contributed by atoms with Gasteiger partial charge in [-0.2, -0.15) is 0 Å². The first-order chi connectivity index (χ1) is 39.5. The third kappa shape index (κ3) is 66.2. The molecule has 0 saturated heterocycles. The molecule has 0 aromatic carbocycles. The molecule has 0 aromatic heterocycles. The van der Waals surface area contributed by atoms with Gasteiger partial charge in [0.25, 0.3) is 0 Å². The van der Waals surface area contributed by atoms with Gasteiger partial charge in [-0.1, -0.05) is 339 Å². The molecule has 0 spiro atoms. The Morgan fingerprint density at radius 3 is 0.725 bits per heavy atom. The number of hydrogen-bond acceptors (Lipinski definition) is 6. The highest BCUT2D eigenvalue weighted by Gasteiger charge is 2.19. The molecule has 0 heterocycles. The molecule has 0 bridgehead atoms. The first kappa shape index (κ1) is 77.4. The Hall–Kier alpha value is -2.63. The third-order valence-corrected chi connectivity index (χ3v) is 16.1. The maximum atomic E-state index is 12.9. The average molecular weight is 1120 g/mol. The van der Waals surface area contributed by atoms with Crippen molar-refractivity contribution in [3.63, 3.8) is 0 Å². The predicted octanol–water partition coefficient (Wildman–Crippen LogP) is 24.5. The third-order valence-electron chi connectivity index (χ3n) is 16.1. The van der Waals surface area contributed by atoms with Crippen LogP contribution in [0, 0.1) is 0 Å². The van der Waals surface area contributed by atoms with Gasteiger partial charge in [0.1, 0.15) is 13.2 Å². The molecule has 0 N–H and O–H groups in total. The minimum atomic E-state index is -0.777. The summed E-state index contributed by atoms with van der Waals surface area (Å²) in [5, 5.41) is 0. The fourth-order valence-electron chi connectivity index (χ4n) is 10.7. The molecule has 0 aliphatic heterocycles. The van der Waals surface area contributed by atoms with Crippen molar-refractivity contribution >= 4 is 17.9 Å². The second-order valence-electron chi connectivity index (χ2n) is 24.1. The minimum Gasteiger partial charge on any atom is -0.462 e. The number of unbranched alkanes of at least 4 members (excludes halogenated alkanes) is 47. The van der Waals surface area contributed by atoms with Gasteiger partial charge in [-0.15, -0.1) is 0 Å². The lowest BCUT2D eigenvalue weighted by Gasteiger charge is -2.18. The van der Waals surface area contributed by atoms with E-state index < -0.39 is 6.10 Å². The molecule has 0 aliphatic rings. The summed E-state index contributed by atoms with van der Waals surface area (Å²) in [5.74, 6) is -0.863. The Labute approximate surface area is 498 Å². The van der Waals surface area contributed by atoms with E-state index in [0.717, 1.165) is 89.9 Å². The van der Waals surface area contributed by atoms with E-state index in [4.69, 9.17) is 14.2 Å². The van der Waals surface area contributed by atoms with Crippen LogP contribution in [0.4, 0.5) is 0 Å². The van der Waals surface area contributed by atoms with Crippen molar-refractivity contribution in [3.05, 3.63) is 48.6 Å². The van der Waals surface area contributed by atoms with Crippen molar-refractivity contribution in [2.45, 2.75) is 393 Å². The van der Waals surface area contributed by atoms with Crippen molar-refractivity contribution in [3.8, 4) is 0 Å². The summed E-state index contributed by atoms with van der Waals surface area (Å²) < 4.78 is 16.9. The fraction of sp³-hybridized carbons (Fsp3) is 0.851. The van der Waals surface area contributed by atoms with Gasteiger partial charge in [0.05, 0.1) is 0 Å². The van der Waals surface area contributed by atoms with Crippen molar-refractivity contribution in [1.82, 2.24) is 0 Å². The fourth-order valence-corrected chi connectivity index (χ4v) is 10.7. The van der Waals surface area contributed by atoms with Gasteiger partial charge in [-0.25, -0.2) is 0 Å². The number of hydrogen-bond donors (Lipinski definition) is 0. The molecule has 6 nitrogen and oxygen atoms in total. The summed E-state index contributed by atoms with van der Waals surface area (Å²) in [7, 11) is 0. The maximum absolute atomic E-state index is 12.9. The summed E-state index contributed by atoms with van der Waals surface area (Å²) in [5.41, 5.74) is 0. The summed E-state index contributed by atoms with van der Waals surface area (Å²) in [4.78, 5) is 38.3. The molecule has 6 heteroatoms. The van der Waals surface area contributed by atoms with Crippen molar-refractivity contribution in [2.75, 3.05) is 13.2 Å². The van der Waals surface area contributed by atoms with E-state index >= 15 is 0 Å². The molecule has 468 valence electrons. The van der Waals surface area contributed by atoms with Crippen LogP contribution in [0.5, 0.6) is 0 Å². The zero-order chi connectivity index (χ0) is 57.8. The Morgan fingerprint density at radius 1 is 0.250 bits per heavy atom. The second kappa shape index (κ2) is 68.9. The number of carbonyl (C=O) groups excluding carboxylic acids is 3. The molecule has 0 rings (SSSR count). The summed E-state index contributed by atoms with van der Waals surface area (Å²) >= 11 is 0. The van der Waals surface area contributed by atoms with Crippen LogP contribution in [-0.2, 0) is 28.6 Å². The Morgan fingerprint density at radius 2 is 0.463 bits per heavy atom. The van der Waals surface area contributed by atoms with E-state index in [2.05, 4.69) is 69.4 Å². The molecule has 80 heavy (non-hydrogen) atoms. The first-order valence-electron chi connectivity index (χ1n) is 35.6. The zero-order valence-electron chi connectivity index (χ0n) is 53.9. The highest BCUT2D eigenvalue weighted by Crippen LogP contribution is 2.18. The van der Waals surface area contributed by atoms with Gasteiger partial charge in [-0.05, 0) is 77.0 Å². The lowest BCUT2D eigenvalue weighted by atomic mass is 10.0. The normalized spacial score (nSPS) is 12.3. The summed E-state index contributed by atoms with van der Waals surface area (Å²) in [6.45, 7) is 6.63. The molecular formula is C74H136O6. The van der Waals surface area contributed by atoms with Gasteiger partial charge in [0.15, 0.2) is 6.10 Å². The first-order valence-corrected chi connectivity index (χ1v) is 35.6. The topological polar surface area (TPSA) is 78.9 Å². The number of allylic oxidation sites excluding steroid dienone is 8. The van der Waals surface area contributed by atoms with Gasteiger partial charge in [-0.3, -0.25) is 14.4 Å². The number of esters is 3. The van der Waals surface area contributed by atoms with Crippen LogP contribution in [0.15, 0.2) is 48.6 Å². The van der Waals surface area contributed by atoms with E-state index in [-0.39, 0.29) is 31.1 Å². The van der Waals surface area contributed by atoms with Crippen LogP contribution >= 0.6 is 0 Å². The van der Waals surface area contributed by atoms with E-state index in [1.54, 1.807) is 0 Å². The van der Waals surface area contributed by atoms with E-state index in [9.17, 15) is 14.4 Å². The van der Waals surface area contributed by atoms with E-state index in [1.165, 1.54) is 257 Å². The standard InChI is InChI=1S/C74H136O6/c1-4-7-10-13-16-19-22-25-27-28-29-30-31-32-33-34-35-36-37-38-39-40-41-42-43-44-45-46-47-50-52-55-58-61-64-67-73(76)79-70-71(69-78-72(75)66-63-60-57-54-51-48-24-21-18-15-12-9-6-3)80-74(77)68-65-62-59-56-53-49-26-23-20-17-14-11-8-5-2/h14,17,22-23,25-26,28-29,71H,4-13,15-16,18-21,24,27,30-70H2,1-3H3/b17-14-,25-22-,26-23-,29-28-. The Bertz CT molecular complexity index is 1380. The minimum absolute atomic E-state index is 0.0732. The van der Waals surface area contributed by atoms with Crippen molar-refractivity contribution in [1.29, 1.82) is 0 Å². The smallest absolute Gasteiger partial charge is 0.306 e. The molecule has 0 radical (unpaired) electrons. The quantitative estimate of drug-likeness (QED) is 0.0261. The highest BCUT2D eigenvalue weighted by atomic mass is 16.6. The van der Waals surface area contributed by atoms with Gasteiger partial charge < -0.3 is 14.2 Å². The van der Waals surface area contributed by atoms with Crippen LogP contribution in [0.1, 0.15) is 387 Å². The van der Waals surface area contributed by atoms with Crippen LogP contribution in [0.2, 0.25) is 0 Å². The highest BCUT2D eigenvalue weighted by molar-refractivity contribution is 5.71. The second-order valence-corrected chi connectivity index (χ2v) is 24.1. The maximum Gasteiger partial charge on any atom is 0.306 e. The molecule has 0 saturated carbocycles. The predicted molar refractivity (Wildman–Crippen MR) is 349 cm³/mol. The SMILES string of the molecule is CCCC/C=C\C/C=C\CCCCCCCC(=O)OC(COC(=O)CCCCCCCCCCCCCCC)COC(=O)CCCCCCCCCCCCCCCCCCCCCCCCC/C=C\C/C=C\CCCCCCC. The average Bonchev–Trinajstić information content (AvgIpc) is 3.46. The van der Waals surface area contributed by atoms with E-state index in [1.807, 2.05) is 0 Å². The van der Waals surface area contributed by atoms with Crippen molar-refractivity contribution in [2.24, 2.45) is 0 Å². The van der Waals surface area contributed by atoms with Crippen LogP contribution in [0.25, 0.3) is 0 Å². The Balaban J connectivity index is 4.04. The van der Waals surface area contributed by atoms with Crippen molar-refractivity contribution < 1.29 is 28.6 Å². The number of carbonyl (C=O) groups is 3. The molecule has 0 amide bonds. The number of rotatable bonds is 66. The van der Waals surface area contributed by atoms with Gasteiger partial charge in [0, 0.05) is 19.3 Å². The molecule has 0 aromatic rings. The van der Waals surface area contributed by atoms with Gasteiger partial charge in [0.2, 0.25) is 0 Å². The molecule has 0 aliphatic carbocycles. The number of ether oxygens (including phenoxy) is 3. The summed E-state index contributed by atoms with van der Waals surface area (Å²) in [6.07, 6.45) is 87.3. The van der Waals surface area contributed by atoms with Crippen LogP contribution in [-0.4, -0.2) is 37.2 Å². The molecule has 1 atom stereocenters. The monoisotopic (exact) mass is 1120 g/mol. The largest absolute Gasteiger partial charge is 0.462 e. The summed E-state index contributed by atoms with van der Waals surface area (Å²) in [6, 6.07) is 0. The lowest BCUT2D eigenvalue weighted by molar-refractivity contribution is -0.167. The van der Waals surface area contributed by atoms with Crippen LogP contribution < -0.4 is 0 Å². The lowest BCUT2D eigenvalue weighted by Crippen LogP contribution is -2.30. The zero-order valence-corrected chi connectivity index (χ0v) is 53.9. The van der Waals surface area contributed by atoms with Crippen LogP contribution in [0.3, 0.4) is 0 Å².